The fraction of sp³-hybridized carbons (Fsp3) is 0.333. The Balaban J connectivity index is -0.000000108. The standard InChI is InChI=1S/CH3FO3S.2CH3.F3N2O5S3.F2NO4S2/c2-1-6(3,4)5;;;1-11(6,4-12(2,7)8)5-13(3,9)10;1-8(4,5)3-9(2,6)7/h1H2,(H,3,4,5);2*1H3;;/q;2*+1;2*-1. The lowest BCUT2D eigenvalue weighted by atomic mass is 11.8. The van der Waals surface area contributed by atoms with Crippen LogP contribution in [0.1, 0.15) is 0 Å². The van der Waals surface area contributed by atoms with E-state index in [4.69, 9.17) is 4.55 Å². The Morgan fingerprint density at radius 3 is 0.967 bits per heavy atom. The number of rotatable bonds is 6. The highest BCUT2D eigenvalue weighted by atomic mass is 32.3. The minimum Gasteiger partial charge on any atom is -0.397 e. The molecule has 30 heavy (non-hydrogen) atoms. The van der Waals surface area contributed by atoms with Crippen molar-refractivity contribution in [3.8, 4) is 0 Å². The van der Waals surface area contributed by atoms with Crippen molar-refractivity contribution in [1.29, 1.82) is 0 Å². The van der Waals surface area contributed by atoms with Gasteiger partial charge in [0.25, 0.3) is 10.1 Å². The van der Waals surface area contributed by atoms with Crippen LogP contribution in [-0.4, -0.2) is 56.9 Å². The molecule has 0 fully saturated rings. The van der Waals surface area contributed by atoms with Crippen molar-refractivity contribution in [2.45, 2.75) is 0 Å². The van der Waals surface area contributed by atoms with Crippen molar-refractivity contribution in [3.63, 3.8) is 0 Å². The van der Waals surface area contributed by atoms with E-state index >= 15 is 0 Å². The van der Waals surface area contributed by atoms with Gasteiger partial charge in [-0.3, -0.25) is 4.55 Å². The molecule has 0 aliphatic carbocycles. The van der Waals surface area contributed by atoms with Gasteiger partial charge in [-0.1, -0.05) is 7.65 Å². The van der Waals surface area contributed by atoms with Crippen molar-refractivity contribution < 1.29 is 74.7 Å². The summed E-state index contributed by atoms with van der Waals surface area (Å²) in [7, 11) is -33.2. The molecule has 0 aliphatic heterocycles. The van der Waals surface area contributed by atoms with Crippen molar-refractivity contribution >= 4 is 62.1 Å². The number of nitrogens with zero attached hydrogens (tertiary/aromatic N) is 3. The molecule has 0 rings (SSSR count). The normalized spacial score (nSPS) is 14.1. The van der Waals surface area contributed by atoms with Gasteiger partial charge in [0.15, 0.2) is 10.3 Å². The van der Waals surface area contributed by atoms with E-state index in [2.05, 4.69) is 0 Å². The van der Waals surface area contributed by atoms with Crippen molar-refractivity contribution in [2.75, 3.05) is 6.01 Å². The van der Waals surface area contributed by atoms with Crippen molar-refractivity contribution in [1.82, 2.24) is 0 Å². The topological polar surface area (TPSA) is 249 Å². The van der Waals surface area contributed by atoms with Gasteiger partial charge in [-0.25, -0.2) is 33.9 Å². The first kappa shape index (κ1) is 39.4. The van der Waals surface area contributed by atoms with Gasteiger partial charge in [-0.05, 0) is 0 Å². The van der Waals surface area contributed by atoms with Crippen LogP contribution in [0.5, 0.6) is 0 Å². The second-order valence-electron chi connectivity index (χ2n) is 2.99. The van der Waals surface area contributed by atoms with E-state index in [1.54, 1.807) is 0 Å². The molecule has 0 saturated heterocycles. The molecule has 1 atom stereocenters. The Labute approximate surface area is 169 Å². The largest absolute Gasteiger partial charge is 0.426 e. The predicted molar refractivity (Wildman–Crippen MR) is 88.9 cm³/mol. The van der Waals surface area contributed by atoms with Gasteiger partial charge in [-0.15, -0.1) is 15.5 Å². The molecule has 0 heterocycles. The molecule has 0 aromatic rings. The minimum absolute atomic E-state index is 0. The van der Waals surface area contributed by atoms with E-state index in [0.29, 0.717) is 0 Å². The zero-order valence-corrected chi connectivity index (χ0v) is 18.6. The van der Waals surface area contributed by atoms with Crippen LogP contribution in [0.2, 0.25) is 0 Å². The van der Waals surface area contributed by atoms with Crippen LogP contribution in [0, 0.1) is 14.9 Å². The molecule has 0 aromatic carbocycles. The van der Waals surface area contributed by atoms with Crippen LogP contribution in [0.3, 0.4) is 0 Å². The second kappa shape index (κ2) is 13.3. The molecule has 186 valence electrons. The smallest absolute Gasteiger partial charge is 0.397 e. The molecule has 1 N–H and O–H groups in total. The first-order chi connectivity index (χ1) is 11.7. The summed E-state index contributed by atoms with van der Waals surface area (Å²) in [5.74, 6) is 0. The molecule has 0 radical (unpaired) electrons. The summed E-state index contributed by atoms with van der Waals surface area (Å²) >= 11 is 0. The van der Waals surface area contributed by atoms with E-state index in [-0.39, 0.29) is 14.9 Å². The monoisotopic (exact) mass is 585 g/mol. The zero-order valence-electron chi connectivity index (χ0n) is 13.7. The summed E-state index contributed by atoms with van der Waals surface area (Å²) in [6.07, 6.45) is 0. The van der Waals surface area contributed by atoms with E-state index in [0.717, 1.165) is 4.13 Å². The van der Waals surface area contributed by atoms with Crippen LogP contribution in [-0.2, 0) is 62.1 Å². The van der Waals surface area contributed by atoms with E-state index < -0.39 is 68.1 Å². The van der Waals surface area contributed by atoms with Gasteiger partial charge in [0.1, 0.15) is 0 Å². The Bertz CT molecular complexity index is 1130. The van der Waals surface area contributed by atoms with E-state index in [1.807, 2.05) is 0 Å². The quantitative estimate of drug-likeness (QED) is 0.194. The third-order valence-electron chi connectivity index (χ3n) is 0.678. The van der Waals surface area contributed by atoms with Crippen LogP contribution in [0.25, 0.3) is 8.25 Å². The fourth-order valence-electron chi connectivity index (χ4n) is 0.340. The molecule has 0 bridgehead atoms. The van der Waals surface area contributed by atoms with Crippen LogP contribution < -0.4 is 0 Å². The van der Waals surface area contributed by atoms with Crippen LogP contribution in [0.4, 0.5) is 23.8 Å². The van der Waals surface area contributed by atoms with Gasteiger partial charge < -0.3 is 8.25 Å². The van der Waals surface area contributed by atoms with E-state index in [1.165, 1.54) is 7.90 Å². The molecule has 27 heteroatoms. The van der Waals surface area contributed by atoms with Crippen molar-refractivity contribution in [3.05, 3.63) is 23.1 Å². The Kier molecular flexibility index (Phi) is 17.5. The summed E-state index contributed by atoms with van der Waals surface area (Å²) in [4.78, 5) is 0. The predicted octanol–water partition coefficient (Wildman–Crippen LogP) is 0.547. The van der Waals surface area contributed by atoms with Crippen LogP contribution >= 0.6 is 0 Å². The van der Waals surface area contributed by atoms with Gasteiger partial charge in [0.2, 0.25) is 37.2 Å². The molecule has 0 amide bonds. The number of hydrogen-bond acceptors (Lipinski definition) is 11. The maximum atomic E-state index is 12.0. The highest BCUT2D eigenvalue weighted by molar-refractivity contribution is 8.11. The fourth-order valence-corrected chi connectivity index (χ4v) is 3.30. The number of halogens is 6. The molecule has 1 unspecified atom stereocenters. The third kappa shape index (κ3) is 45.6. The van der Waals surface area contributed by atoms with Crippen LogP contribution in [0.15, 0.2) is 3.77 Å². The highest BCUT2D eigenvalue weighted by Crippen LogP contribution is 2.17. The Hall–Kier alpha value is -1.10. The van der Waals surface area contributed by atoms with Crippen molar-refractivity contribution in [2.24, 2.45) is 3.77 Å². The maximum Gasteiger partial charge on any atom is 0.426 e. The Morgan fingerprint density at radius 1 is 0.633 bits per heavy atom. The molecule has 15 nitrogen and oxygen atoms in total. The summed E-state index contributed by atoms with van der Waals surface area (Å²) in [5.41, 5.74) is 0. The average molecular weight is 586 g/mol. The molecular formula is C3H9F6N3O12S6. The van der Waals surface area contributed by atoms with Gasteiger partial charge >= 0.3 is 10.4 Å². The third-order valence-corrected chi connectivity index (χ3v) is 5.27. The van der Waals surface area contributed by atoms with Gasteiger partial charge in [0, 0.05) is 14.9 Å². The number of alkyl halides is 1. The molecule has 0 aromatic heterocycles. The first-order valence-corrected chi connectivity index (χ1v) is 12.8. The van der Waals surface area contributed by atoms with Gasteiger partial charge in [0.05, 0.1) is 0 Å². The molecule has 0 saturated carbocycles. The molecule has 0 aliphatic rings. The summed E-state index contributed by atoms with van der Waals surface area (Å²) in [6.45, 7) is 0. The second-order valence-corrected chi connectivity index (χ2v) is 10.3. The molecule has 0 spiro atoms. The van der Waals surface area contributed by atoms with Gasteiger partial charge in [-0.2, -0.15) is 16.8 Å². The SMILES string of the molecule is O=S(=O)(F)N=S(=O)(F)[N-]S(=O)(=O)F.O=S(=O)(F)[N-]S(=O)(=O)F.O=S(=O)(O)CF.[CH3+].[CH3+]. The lowest BCUT2D eigenvalue weighted by Gasteiger charge is -2.09. The van der Waals surface area contributed by atoms with E-state index in [9.17, 15) is 70.1 Å². The lowest BCUT2D eigenvalue weighted by molar-refractivity contribution is 0.447. The average Bonchev–Trinajstić information content (AvgIpc) is 2.16. The zero-order chi connectivity index (χ0) is 23.8. The maximum absolute atomic E-state index is 12.0. The summed E-state index contributed by atoms with van der Waals surface area (Å²) in [6, 6.07) is -1.70. The summed E-state index contributed by atoms with van der Waals surface area (Å²) in [5, 5.41) is 0. The highest BCUT2D eigenvalue weighted by Gasteiger charge is 2.10. The molecular weight excluding hydrogens is 576 g/mol. The summed E-state index contributed by atoms with van der Waals surface area (Å²) < 4.78 is 182. The minimum atomic E-state index is -5.90. The Morgan fingerprint density at radius 2 is 0.867 bits per heavy atom. The number of hydrogen-bond donors (Lipinski definition) is 1. The first-order valence-electron chi connectivity index (χ1n) is 4.44. The lowest BCUT2D eigenvalue weighted by Crippen LogP contribution is -1.98.